The number of carbonyl (C=O) groups excluding carboxylic acids is 1. The molecule has 0 heterocycles. The van der Waals surface area contributed by atoms with Crippen LogP contribution >= 0.6 is 0 Å². The Morgan fingerprint density at radius 2 is 1.81 bits per heavy atom. The number of benzene rings is 2. The number of phenols is 2. The van der Waals surface area contributed by atoms with E-state index in [1.165, 1.54) is 19.2 Å². The molecule has 0 bridgehead atoms. The molecule has 2 aromatic rings. The van der Waals surface area contributed by atoms with E-state index < -0.39 is 16.5 Å². The van der Waals surface area contributed by atoms with Gasteiger partial charge in [0.1, 0.15) is 17.1 Å². The number of anilines is 1. The minimum absolute atomic E-state index is 0.0300. The van der Waals surface area contributed by atoms with Gasteiger partial charge >= 0.3 is 0 Å². The van der Waals surface area contributed by atoms with E-state index in [2.05, 4.69) is 0 Å². The third kappa shape index (κ3) is 2.92. The number of phenolic OH excluding ortho intramolecular Hbond substituents is 2. The van der Waals surface area contributed by atoms with E-state index in [1.807, 2.05) is 0 Å². The molecule has 2 aromatic carbocycles. The van der Waals surface area contributed by atoms with E-state index >= 15 is 0 Å². The van der Waals surface area contributed by atoms with Crippen LogP contribution in [0.25, 0.3) is 0 Å². The molecular formula is C14H12N2O5. The average Bonchev–Trinajstić information content (AvgIpc) is 2.45. The van der Waals surface area contributed by atoms with Crippen LogP contribution in [0.1, 0.15) is 10.4 Å². The third-order valence-corrected chi connectivity index (χ3v) is 2.93. The maximum Gasteiger partial charge on any atom is 0.282 e. The summed E-state index contributed by atoms with van der Waals surface area (Å²) >= 11 is 0. The summed E-state index contributed by atoms with van der Waals surface area (Å²) in [7, 11) is 1.42. The van der Waals surface area contributed by atoms with Crippen molar-refractivity contribution in [2.45, 2.75) is 0 Å². The monoisotopic (exact) mass is 288 g/mol. The van der Waals surface area contributed by atoms with Crippen molar-refractivity contribution in [3.63, 3.8) is 0 Å². The van der Waals surface area contributed by atoms with Crippen LogP contribution < -0.4 is 4.90 Å². The molecule has 0 fully saturated rings. The average molecular weight is 288 g/mol. The van der Waals surface area contributed by atoms with Gasteiger partial charge in [0, 0.05) is 24.9 Å². The number of hydrogen-bond acceptors (Lipinski definition) is 5. The van der Waals surface area contributed by atoms with Crippen LogP contribution in [0.3, 0.4) is 0 Å². The van der Waals surface area contributed by atoms with Gasteiger partial charge in [-0.25, -0.2) is 0 Å². The zero-order valence-corrected chi connectivity index (χ0v) is 11.1. The van der Waals surface area contributed by atoms with Gasteiger partial charge in [0.2, 0.25) is 0 Å². The zero-order chi connectivity index (χ0) is 15.6. The first-order chi connectivity index (χ1) is 9.90. The largest absolute Gasteiger partial charge is 0.508 e. The topological polar surface area (TPSA) is 104 Å². The summed E-state index contributed by atoms with van der Waals surface area (Å²) in [6.07, 6.45) is 0. The van der Waals surface area contributed by atoms with Gasteiger partial charge in [0.05, 0.1) is 4.92 Å². The first-order valence-corrected chi connectivity index (χ1v) is 5.94. The Morgan fingerprint density at radius 3 is 2.43 bits per heavy atom. The maximum atomic E-state index is 12.4. The summed E-state index contributed by atoms with van der Waals surface area (Å²) in [4.78, 5) is 23.8. The molecule has 21 heavy (non-hydrogen) atoms. The number of nitrogens with zero attached hydrogens (tertiary/aromatic N) is 2. The quantitative estimate of drug-likeness (QED) is 0.666. The minimum atomic E-state index is -0.691. The van der Waals surface area contributed by atoms with Crippen LogP contribution in [-0.4, -0.2) is 28.1 Å². The van der Waals surface area contributed by atoms with Crippen LogP contribution in [0.15, 0.2) is 42.5 Å². The van der Waals surface area contributed by atoms with E-state index in [0.29, 0.717) is 5.69 Å². The lowest BCUT2D eigenvalue weighted by molar-refractivity contribution is -0.385. The first-order valence-electron chi connectivity index (χ1n) is 5.94. The SMILES string of the molecule is CN(C(=O)c1cc(O)ccc1[N+](=O)[O-])c1cccc(O)c1. The standard InChI is InChI=1S/C14H12N2O5/c1-15(9-3-2-4-10(17)7-9)14(19)12-8-11(18)5-6-13(12)16(20)21/h2-8,17-18H,1H3. The van der Waals surface area contributed by atoms with Crippen molar-refractivity contribution >= 4 is 17.3 Å². The summed E-state index contributed by atoms with van der Waals surface area (Å²) in [5.74, 6) is -0.936. The number of rotatable bonds is 3. The Hall–Kier alpha value is -3.09. The van der Waals surface area contributed by atoms with Crippen LogP contribution in [0.4, 0.5) is 11.4 Å². The normalized spacial score (nSPS) is 10.1. The van der Waals surface area contributed by atoms with Gasteiger partial charge in [-0.2, -0.15) is 0 Å². The van der Waals surface area contributed by atoms with Crippen molar-refractivity contribution in [1.82, 2.24) is 0 Å². The number of nitro groups is 1. The molecule has 7 heteroatoms. The molecule has 0 aromatic heterocycles. The summed E-state index contributed by atoms with van der Waals surface area (Å²) in [5.41, 5.74) is -0.256. The summed E-state index contributed by atoms with van der Waals surface area (Å²) in [6.45, 7) is 0. The zero-order valence-electron chi connectivity index (χ0n) is 11.1. The predicted octanol–water partition coefficient (Wildman–Crippen LogP) is 2.28. The Balaban J connectivity index is 2.44. The van der Waals surface area contributed by atoms with Crippen LogP contribution in [0.5, 0.6) is 11.5 Å². The fourth-order valence-electron chi connectivity index (χ4n) is 1.85. The lowest BCUT2D eigenvalue weighted by atomic mass is 10.1. The van der Waals surface area contributed by atoms with Crippen molar-refractivity contribution in [1.29, 1.82) is 0 Å². The molecule has 2 N–H and O–H groups in total. The van der Waals surface area contributed by atoms with E-state index in [-0.39, 0.29) is 17.1 Å². The highest BCUT2D eigenvalue weighted by Gasteiger charge is 2.24. The fraction of sp³-hybridized carbons (Fsp3) is 0.0714. The minimum Gasteiger partial charge on any atom is -0.508 e. The van der Waals surface area contributed by atoms with Crippen molar-refractivity contribution in [2.75, 3.05) is 11.9 Å². The van der Waals surface area contributed by atoms with Gasteiger partial charge in [-0.05, 0) is 24.3 Å². The summed E-state index contributed by atoms with van der Waals surface area (Å²) < 4.78 is 0. The molecule has 108 valence electrons. The first kappa shape index (κ1) is 14.3. The molecular weight excluding hydrogens is 276 g/mol. The number of hydrogen-bond donors (Lipinski definition) is 2. The predicted molar refractivity (Wildman–Crippen MR) is 75.6 cm³/mol. The molecule has 0 aliphatic heterocycles. The maximum absolute atomic E-state index is 12.4. The Bertz CT molecular complexity index is 714. The molecule has 0 spiro atoms. The third-order valence-electron chi connectivity index (χ3n) is 2.93. The lowest BCUT2D eigenvalue weighted by Crippen LogP contribution is -2.26. The van der Waals surface area contributed by atoms with E-state index in [0.717, 1.165) is 23.1 Å². The molecule has 2 rings (SSSR count). The molecule has 0 radical (unpaired) electrons. The van der Waals surface area contributed by atoms with Gasteiger partial charge in [0.15, 0.2) is 0 Å². The number of carbonyl (C=O) groups is 1. The number of amides is 1. The molecule has 7 nitrogen and oxygen atoms in total. The molecule has 0 saturated carbocycles. The van der Waals surface area contributed by atoms with E-state index in [1.54, 1.807) is 12.1 Å². The second kappa shape index (κ2) is 5.49. The van der Waals surface area contributed by atoms with Crippen molar-refractivity contribution in [3.05, 3.63) is 58.1 Å². The summed E-state index contributed by atoms with van der Waals surface area (Å²) in [6, 6.07) is 9.17. The van der Waals surface area contributed by atoms with Crippen LogP contribution in [0.2, 0.25) is 0 Å². The second-order valence-corrected chi connectivity index (χ2v) is 4.34. The Morgan fingerprint density at radius 1 is 1.14 bits per heavy atom. The Kier molecular flexibility index (Phi) is 3.75. The lowest BCUT2D eigenvalue weighted by Gasteiger charge is -2.17. The highest BCUT2D eigenvalue weighted by atomic mass is 16.6. The van der Waals surface area contributed by atoms with Gasteiger partial charge in [-0.1, -0.05) is 6.07 Å². The molecule has 0 atom stereocenters. The molecule has 0 saturated heterocycles. The molecule has 1 amide bonds. The highest BCUT2D eigenvalue weighted by molar-refractivity contribution is 6.08. The highest BCUT2D eigenvalue weighted by Crippen LogP contribution is 2.27. The molecule has 0 unspecified atom stereocenters. The van der Waals surface area contributed by atoms with E-state index in [9.17, 15) is 25.1 Å². The van der Waals surface area contributed by atoms with Crippen molar-refractivity contribution in [3.8, 4) is 11.5 Å². The summed E-state index contributed by atoms with van der Waals surface area (Å²) in [5, 5.41) is 29.8. The van der Waals surface area contributed by atoms with Gasteiger partial charge < -0.3 is 15.1 Å². The van der Waals surface area contributed by atoms with Gasteiger partial charge in [-0.15, -0.1) is 0 Å². The smallest absolute Gasteiger partial charge is 0.282 e. The van der Waals surface area contributed by atoms with Crippen molar-refractivity contribution in [2.24, 2.45) is 0 Å². The number of aromatic hydroxyl groups is 2. The van der Waals surface area contributed by atoms with Crippen LogP contribution in [0, 0.1) is 10.1 Å². The molecule has 0 aliphatic carbocycles. The van der Waals surface area contributed by atoms with Crippen LogP contribution in [-0.2, 0) is 0 Å². The number of nitro benzene ring substituents is 1. The van der Waals surface area contributed by atoms with Gasteiger partial charge in [-0.3, -0.25) is 14.9 Å². The fourth-order valence-corrected chi connectivity index (χ4v) is 1.85. The molecule has 0 aliphatic rings. The Labute approximate surface area is 119 Å². The van der Waals surface area contributed by atoms with E-state index in [4.69, 9.17) is 0 Å². The van der Waals surface area contributed by atoms with Crippen molar-refractivity contribution < 1.29 is 19.9 Å². The van der Waals surface area contributed by atoms with Gasteiger partial charge in [0.25, 0.3) is 11.6 Å². The second-order valence-electron chi connectivity index (χ2n) is 4.34.